The zero-order chi connectivity index (χ0) is 20.3. The minimum atomic E-state index is -1.09. The van der Waals surface area contributed by atoms with Crippen molar-refractivity contribution in [2.45, 2.75) is 12.8 Å². The smallest absolute Gasteiger partial charge is 0.336 e. The first kappa shape index (κ1) is 19.8. The summed E-state index contributed by atoms with van der Waals surface area (Å²) in [5, 5.41) is 11.1. The van der Waals surface area contributed by atoms with Gasteiger partial charge in [-0.1, -0.05) is 12.1 Å². The molecule has 0 aliphatic carbocycles. The fraction of sp³-hybridized carbons (Fsp3) is 0.294. The summed E-state index contributed by atoms with van der Waals surface area (Å²) in [5.41, 5.74) is 4.90. The van der Waals surface area contributed by atoms with E-state index >= 15 is 0 Å². The molecule has 1 aromatic carbocycles. The number of rotatable bonds is 5. The van der Waals surface area contributed by atoms with Gasteiger partial charge in [-0.2, -0.15) is 0 Å². The van der Waals surface area contributed by atoms with Gasteiger partial charge in [-0.05, 0) is 12.5 Å². The lowest BCUT2D eigenvalue weighted by Crippen LogP contribution is -2.38. The molecule has 0 bridgehead atoms. The van der Waals surface area contributed by atoms with Crippen molar-refractivity contribution in [2.75, 3.05) is 14.2 Å². The van der Waals surface area contributed by atoms with Crippen molar-refractivity contribution in [3.8, 4) is 0 Å². The maximum Gasteiger partial charge on any atom is 0.336 e. The molecule has 10 heteroatoms. The Morgan fingerprint density at radius 1 is 1.22 bits per heavy atom. The van der Waals surface area contributed by atoms with Gasteiger partial charge < -0.3 is 15.2 Å². The Bertz CT molecular complexity index is 888. The molecular formula is C17H17N3O7. The third kappa shape index (κ3) is 3.68. The molecule has 2 rings (SSSR count). The highest BCUT2D eigenvalue weighted by Crippen LogP contribution is 2.40. The quantitative estimate of drug-likeness (QED) is 0.455. The van der Waals surface area contributed by atoms with E-state index in [9.17, 15) is 24.5 Å². The molecule has 1 amide bonds. The summed E-state index contributed by atoms with van der Waals surface area (Å²) in [4.78, 5) is 51.2. The fourth-order valence-corrected chi connectivity index (χ4v) is 3.01. The SMILES string of the molecule is COC(=O)C1=C(C(N)=O)N=C(C)C(C(=O)OC)C1c1cccc([N+](=O)[O-])c1. The van der Waals surface area contributed by atoms with Crippen molar-refractivity contribution in [2.24, 2.45) is 16.6 Å². The van der Waals surface area contributed by atoms with Crippen LogP contribution in [0.4, 0.5) is 5.69 Å². The standard InChI is InChI=1S/C17H17N3O7/c1-8-11(16(22)26-2)12(9-5-4-6-10(7-9)20(24)25)13(17(23)27-3)14(19-8)15(18)21/h4-7,11-12H,1-3H3,(H2,18,21). The molecule has 1 aliphatic rings. The summed E-state index contributed by atoms with van der Waals surface area (Å²) in [6.07, 6.45) is 0. The molecule has 1 aliphatic heterocycles. The first-order chi connectivity index (χ1) is 12.7. The summed E-state index contributed by atoms with van der Waals surface area (Å²) in [7, 11) is 2.25. The van der Waals surface area contributed by atoms with Crippen LogP contribution < -0.4 is 5.73 Å². The third-order valence-corrected chi connectivity index (χ3v) is 4.17. The Balaban J connectivity index is 2.82. The highest BCUT2D eigenvalue weighted by molar-refractivity contribution is 6.12. The topological polar surface area (TPSA) is 151 Å². The van der Waals surface area contributed by atoms with Crippen LogP contribution >= 0.6 is 0 Å². The summed E-state index contributed by atoms with van der Waals surface area (Å²) < 4.78 is 9.54. The summed E-state index contributed by atoms with van der Waals surface area (Å²) in [6, 6.07) is 5.37. The molecule has 0 aromatic heterocycles. The molecule has 2 atom stereocenters. The number of carbonyl (C=O) groups excluding carboxylic acids is 3. The molecule has 0 radical (unpaired) electrons. The Hall–Kier alpha value is -3.56. The number of non-ortho nitro benzene ring substituents is 1. The monoisotopic (exact) mass is 375 g/mol. The predicted octanol–water partition coefficient (Wildman–Crippen LogP) is 0.855. The van der Waals surface area contributed by atoms with Crippen molar-refractivity contribution < 1.29 is 28.8 Å². The maximum absolute atomic E-state index is 12.4. The van der Waals surface area contributed by atoms with Gasteiger partial charge in [-0.25, -0.2) is 4.79 Å². The van der Waals surface area contributed by atoms with E-state index in [-0.39, 0.29) is 28.2 Å². The van der Waals surface area contributed by atoms with Gasteiger partial charge in [0.15, 0.2) is 0 Å². The zero-order valence-electron chi connectivity index (χ0n) is 14.8. The number of benzene rings is 1. The van der Waals surface area contributed by atoms with E-state index in [0.29, 0.717) is 0 Å². The number of methoxy groups -OCH3 is 2. The van der Waals surface area contributed by atoms with Crippen LogP contribution in [-0.2, 0) is 23.9 Å². The Labute approximate surface area is 153 Å². The molecule has 1 heterocycles. The van der Waals surface area contributed by atoms with Crippen LogP contribution in [0.1, 0.15) is 18.4 Å². The number of nitrogens with zero attached hydrogens (tertiary/aromatic N) is 2. The molecule has 10 nitrogen and oxygen atoms in total. The molecule has 0 fully saturated rings. The van der Waals surface area contributed by atoms with Crippen LogP contribution in [0.3, 0.4) is 0 Å². The number of nitro groups is 1. The summed E-state index contributed by atoms with van der Waals surface area (Å²) in [5.74, 6) is -4.82. The number of carbonyl (C=O) groups is 3. The molecular weight excluding hydrogens is 358 g/mol. The van der Waals surface area contributed by atoms with Crippen molar-refractivity contribution >= 4 is 29.2 Å². The number of nitro benzene ring substituents is 1. The van der Waals surface area contributed by atoms with Gasteiger partial charge in [-0.15, -0.1) is 0 Å². The number of nitrogens with two attached hydrogens (primary N) is 1. The number of ether oxygens (including phenoxy) is 2. The van der Waals surface area contributed by atoms with Crippen LogP contribution in [0.5, 0.6) is 0 Å². The largest absolute Gasteiger partial charge is 0.468 e. The Kier molecular flexibility index (Phi) is 5.69. The zero-order valence-corrected chi connectivity index (χ0v) is 14.8. The highest BCUT2D eigenvalue weighted by atomic mass is 16.6. The lowest BCUT2D eigenvalue weighted by molar-refractivity contribution is -0.384. The number of amides is 1. The van der Waals surface area contributed by atoms with E-state index in [4.69, 9.17) is 15.2 Å². The lowest BCUT2D eigenvalue weighted by Gasteiger charge is -2.30. The van der Waals surface area contributed by atoms with Crippen molar-refractivity contribution in [3.05, 3.63) is 51.2 Å². The summed E-state index contributed by atoms with van der Waals surface area (Å²) in [6.45, 7) is 1.48. The second kappa shape index (κ2) is 7.77. The first-order valence-electron chi connectivity index (χ1n) is 7.72. The molecule has 0 spiro atoms. The van der Waals surface area contributed by atoms with Gasteiger partial charge in [0.2, 0.25) is 0 Å². The molecule has 27 heavy (non-hydrogen) atoms. The van der Waals surface area contributed by atoms with E-state index in [1.807, 2.05) is 0 Å². The van der Waals surface area contributed by atoms with E-state index < -0.39 is 34.6 Å². The fourth-order valence-electron chi connectivity index (χ4n) is 3.01. The van der Waals surface area contributed by atoms with Crippen LogP contribution in [-0.4, -0.2) is 42.7 Å². The highest BCUT2D eigenvalue weighted by Gasteiger charge is 2.44. The van der Waals surface area contributed by atoms with E-state index in [1.165, 1.54) is 31.2 Å². The van der Waals surface area contributed by atoms with Gasteiger partial charge in [0.25, 0.3) is 11.6 Å². The van der Waals surface area contributed by atoms with E-state index in [2.05, 4.69) is 4.99 Å². The minimum absolute atomic E-state index is 0.180. The molecule has 2 N–H and O–H groups in total. The van der Waals surface area contributed by atoms with Gasteiger partial charge >= 0.3 is 11.9 Å². The van der Waals surface area contributed by atoms with Gasteiger partial charge in [0.05, 0.1) is 24.7 Å². The Morgan fingerprint density at radius 3 is 2.41 bits per heavy atom. The van der Waals surface area contributed by atoms with Gasteiger partial charge in [-0.3, -0.25) is 24.7 Å². The van der Waals surface area contributed by atoms with Crippen LogP contribution in [0.25, 0.3) is 0 Å². The van der Waals surface area contributed by atoms with Gasteiger partial charge in [0, 0.05) is 23.8 Å². The molecule has 1 aromatic rings. The van der Waals surface area contributed by atoms with E-state index in [0.717, 1.165) is 14.2 Å². The van der Waals surface area contributed by atoms with Crippen LogP contribution in [0, 0.1) is 16.0 Å². The number of hydrogen-bond acceptors (Lipinski definition) is 8. The predicted molar refractivity (Wildman–Crippen MR) is 92.7 cm³/mol. The average molecular weight is 375 g/mol. The van der Waals surface area contributed by atoms with Crippen LogP contribution in [0.2, 0.25) is 0 Å². The molecule has 142 valence electrons. The molecule has 2 unspecified atom stereocenters. The second-order valence-corrected chi connectivity index (χ2v) is 5.70. The second-order valence-electron chi connectivity index (χ2n) is 5.70. The van der Waals surface area contributed by atoms with Crippen LogP contribution in [0.15, 0.2) is 40.5 Å². The number of primary amides is 1. The number of esters is 2. The first-order valence-corrected chi connectivity index (χ1v) is 7.72. The van der Waals surface area contributed by atoms with Gasteiger partial charge in [0.1, 0.15) is 11.6 Å². The minimum Gasteiger partial charge on any atom is -0.468 e. The third-order valence-electron chi connectivity index (χ3n) is 4.17. The molecule has 0 saturated heterocycles. The lowest BCUT2D eigenvalue weighted by atomic mass is 9.75. The van der Waals surface area contributed by atoms with Crippen molar-refractivity contribution in [1.82, 2.24) is 0 Å². The van der Waals surface area contributed by atoms with Crippen molar-refractivity contribution in [1.29, 1.82) is 0 Å². The Morgan fingerprint density at radius 2 is 1.89 bits per heavy atom. The summed E-state index contributed by atoms with van der Waals surface area (Å²) >= 11 is 0. The number of hydrogen-bond donors (Lipinski definition) is 1. The molecule has 0 saturated carbocycles. The average Bonchev–Trinajstić information content (AvgIpc) is 2.65. The normalized spacial score (nSPS) is 19.1. The number of aliphatic imine (C=N–C) groups is 1. The maximum atomic E-state index is 12.4. The van der Waals surface area contributed by atoms with E-state index in [1.54, 1.807) is 0 Å². The van der Waals surface area contributed by atoms with Crippen molar-refractivity contribution in [3.63, 3.8) is 0 Å².